The van der Waals surface area contributed by atoms with Gasteiger partial charge in [0.25, 0.3) is 5.91 Å². The monoisotopic (exact) mass is 271 g/mol. The summed E-state index contributed by atoms with van der Waals surface area (Å²) in [5, 5.41) is 6.03. The van der Waals surface area contributed by atoms with Crippen molar-refractivity contribution in [3.8, 4) is 0 Å². The molecule has 2 unspecified atom stereocenters. The standard InChI is InChI=1S/C15H17N3O2/c1-9-5-2-3-6-10(9)12-14(19)17-13(18-15(12)20)11-7-4-8-16-11/h2-3,5-6,11-12,16H,4,7-8H2,1H3,(H,17,18,19,20). The summed E-state index contributed by atoms with van der Waals surface area (Å²) in [5.41, 5.74) is 1.66. The third-order valence-electron chi connectivity index (χ3n) is 3.88. The third kappa shape index (κ3) is 2.25. The lowest BCUT2D eigenvalue weighted by atomic mass is 9.92. The molecule has 2 N–H and O–H groups in total. The Kier molecular flexibility index (Phi) is 3.36. The average Bonchev–Trinajstić information content (AvgIpc) is 2.94. The van der Waals surface area contributed by atoms with Gasteiger partial charge < -0.3 is 10.6 Å². The second kappa shape index (κ2) is 5.17. The molecule has 1 saturated heterocycles. The molecule has 1 fully saturated rings. The largest absolute Gasteiger partial charge is 0.312 e. The Balaban J connectivity index is 1.90. The number of benzene rings is 1. The summed E-state index contributed by atoms with van der Waals surface area (Å²) < 4.78 is 0. The molecule has 0 spiro atoms. The van der Waals surface area contributed by atoms with E-state index in [9.17, 15) is 9.59 Å². The van der Waals surface area contributed by atoms with Crippen LogP contribution in [0.2, 0.25) is 0 Å². The highest BCUT2D eigenvalue weighted by atomic mass is 16.2. The minimum Gasteiger partial charge on any atom is -0.312 e. The zero-order valence-corrected chi connectivity index (χ0v) is 11.3. The van der Waals surface area contributed by atoms with E-state index in [0.29, 0.717) is 5.84 Å². The van der Waals surface area contributed by atoms with Crippen LogP contribution in [0.15, 0.2) is 29.3 Å². The van der Waals surface area contributed by atoms with Gasteiger partial charge in [0.2, 0.25) is 5.91 Å². The van der Waals surface area contributed by atoms with Crippen molar-refractivity contribution in [2.24, 2.45) is 4.99 Å². The van der Waals surface area contributed by atoms with Crippen molar-refractivity contribution >= 4 is 17.6 Å². The molecule has 1 aromatic rings. The average molecular weight is 271 g/mol. The Bertz CT molecular complexity index is 589. The molecule has 1 aromatic carbocycles. The minimum absolute atomic E-state index is 0.000667. The number of aryl methyl sites for hydroxylation is 1. The molecule has 0 aliphatic carbocycles. The molecule has 20 heavy (non-hydrogen) atoms. The van der Waals surface area contributed by atoms with Gasteiger partial charge in [-0.2, -0.15) is 4.99 Å². The molecule has 0 radical (unpaired) electrons. The zero-order chi connectivity index (χ0) is 14.1. The normalized spacial score (nSPS) is 26.4. The van der Waals surface area contributed by atoms with Crippen LogP contribution in [0.25, 0.3) is 0 Å². The van der Waals surface area contributed by atoms with Gasteiger partial charge in [-0.25, -0.2) is 0 Å². The predicted octanol–water partition coefficient (Wildman–Crippen LogP) is 0.886. The van der Waals surface area contributed by atoms with Crippen LogP contribution >= 0.6 is 0 Å². The number of hydrogen-bond acceptors (Lipinski definition) is 3. The Morgan fingerprint density at radius 3 is 2.70 bits per heavy atom. The maximum absolute atomic E-state index is 12.3. The first-order valence-corrected chi connectivity index (χ1v) is 6.89. The quantitative estimate of drug-likeness (QED) is 0.785. The van der Waals surface area contributed by atoms with E-state index < -0.39 is 5.92 Å². The second-order valence-electron chi connectivity index (χ2n) is 5.26. The van der Waals surface area contributed by atoms with Crippen molar-refractivity contribution in [2.75, 3.05) is 6.54 Å². The van der Waals surface area contributed by atoms with Gasteiger partial charge in [-0.3, -0.25) is 9.59 Å². The molecule has 2 atom stereocenters. The van der Waals surface area contributed by atoms with E-state index in [2.05, 4.69) is 15.6 Å². The molecule has 2 amide bonds. The molecule has 0 aromatic heterocycles. The highest BCUT2D eigenvalue weighted by Gasteiger charge is 2.36. The van der Waals surface area contributed by atoms with Crippen LogP contribution in [-0.2, 0) is 9.59 Å². The summed E-state index contributed by atoms with van der Waals surface area (Å²) in [4.78, 5) is 28.6. The van der Waals surface area contributed by atoms with Crippen molar-refractivity contribution < 1.29 is 9.59 Å². The van der Waals surface area contributed by atoms with E-state index >= 15 is 0 Å². The molecule has 5 heteroatoms. The summed E-state index contributed by atoms with van der Waals surface area (Å²) >= 11 is 0. The summed E-state index contributed by atoms with van der Waals surface area (Å²) in [5.74, 6) is -0.988. The molecule has 104 valence electrons. The molecule has 5 nitrogen and oxygen atoms in total. The molecule has 3 rings (SSSR count). The number of nitrogens with zero attached hydrogens (tertiary/aromatic N) is 1. The Labute approximate surface area is 117 Å². The molecule has 2 aliphatic heterocycles. The van der Waals surface area contributed by atoms with Gasteiger partial charge >= 0.3 is 0 Å². The topological polar surface area (TPSA) is 70.6 Å². The highest BCUT2D eigenvalue weighted by Crippen LogP contribution is 2.24. The van der Waals surface area contributed by atoms with E-state index in [0.717, 1.165) is 30.5 Å². The maximum Gasteiger partial charge on any atom is 0.264 e. The lowest BCUT2D eigenvalue weighted by Crippen LogP contribution is -2.50. The Morgan fingerprint density at radius 2 is 2.05 bits per heavy atom. The maximum atomic E-state index is 12.3. The number of carbonyl (C=O) groups is 2. The number of amides is 2. The molecule has 0 saturated carbocycles. The third-order valence-corrected chi connectivity index (χ3v) is 3.88. The summed E-state index contributed by atoms with van der Waals surface area (Å²) in [6.45, 7) is 2.79. The first kappa shape index (κ1) is 13.0. The fourth-order valence-electron chi connectivity index (χ4n) is 2.79. The summed E-state index contributed by atoms with van der Waals surface area (Å²) in [7, 11) is 0. The van der Waals surface area contributed by atoms with Crippen LogP contribution in [0.5, 0.6) is 0 Å². The van der Waals surface area contributed by atoms with Crippen LogP contribution in [0.1, 0.15) is 29.9 Å². The van der Waals surface area contributed by atoms with Gasteiger partial charge in [0.1, 0.15) is 11.8 Å². The van der Waals surface area contributed by atoms with Crippen molar-refractivity contribution in [2.45, 2.75) is 31.7 Å². The number of aliphatic imine (C=N–C) groups is 1. The number of nitrogens with one attached hydrogen (secondary N) is 2. The number of hydrogen-bond donors (Lipinski definition) is 2. The van der Waals surface area contributed by atoms with Crippen molar-refractivity contribution in [3.05, 3.63) is 35.4 Å². The van der Waals surface area contributed by atoms with E-state index in [1.165, 1.54) is 0 Å². The van der Waals surface area contributed by atoms with E-state index in [4.69, 9.17) is 0 Å². The number of carbonyl (C=O) groups excluding carboxylic acids is 2. The smallest absolute Gasteiger partial charge is 0.264 e. The van der Waals surface area contributed by atoms with Gasteiger partial charge in [0.05, 0.1) is 6.04 Å². The highest BCUT2D eigenvalue weighted by molar-refractivity contribution is 6.20. The van der Waals surface area contributed by atoms with Gasteiger partial charge in [-0.1, -0.05) is 24.3 Å². The predicted molar refractivity (Wildman–Crippen MR) is 75.5 cm³/mol. The van der Waals surface area contributed by atoms with Crippen LogP contribution in [-0.4, -0.2) is 30.2 Å². The van der Waals surface area contributed by atoms with Gasteiger partial charge in [0.15, 0.2) is 0 Å². The Hall–Kier alpha value is -2.01. The molecule has 2 heterocycles. The van der Waals surface area contributed by atoms with Crippen LogP contribution in [0.3, 0.4) is 0 Å². The van der Waals surface area contributed by atoms with Gasteiger partial charge in [0, 0.05) is 0 Å². The molecular formula is C15H17N3O2. The van der Waals surface area contributed by atoms with Crippen LogP contribution in [0, 0.1) is 6.92 Å². The van der Waals surface area contributed by atoms with Crippen molar-refractivity contribution in [1.82, 2.24) is 10.6 Å². The summed E-state index contributed by atoms with van der Waals surface area (Å²) in [6, 6.07) is 7.43. The van der Waals surface area contributed by atoms with E-state index in [1.54, 1.807) is 0 Å². The van der Waals surface area contributed by atoms with Gasteiger partial charge in [-0.05, 0) is 37.4 Å². The first-order valence-electron chi connectivity index (χ1n) is 6.89. The fraction of sp³-hybridized carbons (Fsp3) is 0.400. The lowest BCUT2D eigenvalue weighted by Gasteiger charge is -2.24. The number of rotatable bonds is 2. The second-order valence-corrected chi connectivity index (χ2v) is 5.26. The van der Waals surface area contributed by atoms with Crippen LogP contribution in [0.4, 0.5) is 0 Å². The fourth-order valence-corrected chi connectivity index (χ4v) is 2.79. The SMILES string of the molecule is Cc1ccccc1C1C(=O)N=C(C2CCCN2)NC1=O. The van der Waals surface area contributed by atoms with Gasteiger partial charge in [-0.15, -0.1) is 0 Å². The minimum atomic E-state index is -0.818. The first-order chi connectivity index (χ1) is 9.66. The molecule has 2 aliphatic rings. The molecular weight excluding hydrogens is 254 g/mol. The number of amidine groups is 1. The van der Waals surface area contributed by atoms with Crippen LogP contribution < -0.4 is 10.6 Å². The van der Waals surface area contributed by atoms with E-state index in [-0.39, 0.29) is 17.9 Å². The lowest BCUT2D eigenvalue weighted by molar-refractivity contribution is -0.129. The zero-order valence-electron chi connectivity index (χ0n) is 11.3. The Morgan fingerprint density at radius 1 is 1.25 bits per heavy atom. The summed E-state index contributed by atoms with van der Waals surface area (Å²) in [6.07, 6.45) is 1.94. The molecule has 0 bridgehead atoms. The van der Waals surface area contributed by atoms with Crippen molar-refractivity contribution in [3.63, 3.8) is 0 Å². The van der Waals surface area contributed by atoms with E-state index in [1.807, 2.05) is 31.2 Å². The van der Waals surface area contributed by atoms with Crippen molar-refractivity contribution in [1.29, 1.82) is 0 Å².